The lowest BCUT2D eigenvalue weighted by atomic mass is 10.2. The molecule has 0 fully saturated rings. The molecule has 0 unspecified atom stereocenters. The smallest absolute Gasteiger partial charge is 0.211 e. The number of hydrogen-bond donors (Lipinski definition) is 1. The van der Waals surface area contributed by atoms with Gasteiger partial charge in [-0.2, -0.15) is 0 Å². The van der Waals surface area contributed by atoms with Crippen molar-refractivity contribution in [3.63, 3.8) is 0 Å². The van der Waals surface area contributed by atoms with Crippen molar-refractivity contribution in [1.82, 2.24) is 9.62 Å². The molecule has 0 aromatic heterocycles. The number of fused-ring (bicyclic) bond motifs is 1. The second-order valence-electron chi connectivity index (χ2n) is 5.35. The quantitative estimate of drug-likeness (QED) is 0.763. The van der Waals surface area contributed by atoms with Crippen LogP contribution in [0.5, 0.6) is 0 Å². The summed E-state index contributed by atoms with van der Waals surface area (Å²) in [5.74, 6) is 0.174. The summed E-state index contributed by atoms with van der Waals surface area (Å²) in [6.07, 6.45) is 0.654. The molecule has 1 aliphatic rings. The van der Waals surface area contributed by atoms with Crippen molar-refractivity contribution in [2.45, 2.75) is 24.8 Å². The number of sulfone groups is 1. The average molecular weight is 346 g/mol. The predicted molar refractivity (Wildman–Crippen MR) is 85.9 cm³/mol. The number of sulfonamides is 1. The average Bonchev–Trinajstić information content (AvgIpc) is 2.61. The van der Waals surface area contributed by atoms with Gasteiger partial charge in [0, 0.05) is 19.6 Å². The SMILES string of the molecule is CCS(=O)(=O)NCCCN1CCS(=O)(=O)c2ccccc2C1. The maximum absolute atomic E-state index is 12.2. The molecule has 6 nitrogen and oxygen atoms in total. The van der Waals surface area contributed by atoms with Gasteiger partial charge in [0.15, 0.2) is 9.84 Å². The highest BCUT2D eigenvalue weighted by Crippen LogP contribution is 2.22. The second-order valence-corrected chi connectivity index (χ2v) is 9.53. The van der Waals surface area contributed by atoms with Crippen molar-refractivity contribution < 1.29 is 16.8 Å². The molecule has 1 heterocycles. The van der Waals surface area contributed by atoms with Gasteiger partial charge in [-0.15, -0.1) is 0 Å². The van der Waals surface area contributed by atoms with Crippen molar-refractivity contribution in [3.8, 4) is 0 Å². The van der Waals surface area contributed by atoms with Gasteiger partial charge in [-0.05, 0) is 31.5 Å². The zero-order chi connectivity index (χ0) is 16.2. The largest absolute Gasteiger partial charge is 0.298 e. The zero-order valence-corrected chi connectivity index (χ0v) is 14.3. The number of hydrogen-bond acceptors (Lipinski definition) is 5. The van der Waals surface area contributed by atoms with Gasteiger partial charge in [0.05, 0.1) is 16.4 Å². The molecule has 1 aromatic rings. The van der Waals surface area contributed by atoms with Crippen molar-refractivity contribution in [1.29, 1.82) is 0 Å². The molecular formula is C14H22N2O4S2. The summed E-state index contributed by atoms with van der Waals surface area (Å²) in [6.45, 7) is 3.68. The molecule has 1 aromatic carbocycles. The van der Waals surface area contributed by atoms with E-state index in [-0.39, 0.29) is 11.5 Å². The first-order valence-electron chi connectivity index (χ1n) is 7.34. The molecule has 124 valence electrons. The lowest BCUT2D eigenvalue weighted by molar-refractivity contribution is 0.279. The molecule has 0 saturated heterocycles. The van der Waals surface area contributed by atoms with Gasteiger partial charge in [-0.25, -0.2) is 21.6 Å². The van der Waals surface area contributed by atoms with Crippen molar-refractivity contribution >= 4 is 19.9 Å². The highest BCUT2D eigenvalue weighted by molar-refractivity contribution is 7.91. The molecule has 1 aliphatic heterocycles. The molecule has 0 aliphatic carbocycles. The van der Waals surface area contributed by atoms with Crippen LogP contribution < -0.4 is 4.72 Å². The standard InChI is InChI=1S/C14H22N2O4S2/c1-2-22(19,20)15-8-5-9-16-10-11-21(17,18)14-7-4-3-6-13(14)12-16/h3-4,6-7,15H,2,5,8-12H2,1H3. The Kier molecular flexibility index (Phi) is 5.60. The van der Waals surface area contributed by atoms with Gasteiger partial charge in [-0.3, -0.25) is 4.90 Å². The van der Waals surface area contributed by atoms with Crippen LogP contribution in [-0.4, -0.2) is 52.9 Å². The Morgan fingerprint density at radius 1 is 1.27 bits per heavy atom. The first kappa shape index (κ1) is 17.4. The predicted octanol–water partition coefficient (Wildman–Crippen LogP) is 0.605. The van der Waals surface area contributed by atoms with Crippen LogP contribution in [0.25, 0.3) is 0 Å². The van der Waals surface area contributed by atoms with E-state index in [1.54, 1.807) is 19.1 Å². The molecule has 22 heavy (non-hydrogen) atoms. The first-order chi connectivity index (χ1) is 10.3. The summed E-state index contributed by atoms with van der Waals surface area (Å²) < 4.78 is 49.7. The van der Waals surface area contributed by atoms with E-state index in [4.69, 9.17) is 0 Å². The topological polar surface area (TPSA) is 83.6 Å². The Morgan fingerprint density at radius 2 is 2.00 bits per heavy atom. The van der Waals surface area contributed by atoms with Crippen LogP contribution >= 0.6 is 0 Å². The van der Waals surface area contributed by atoms with Crippen molar-refractivity contribution in [2.75, 3.05) is 31.1 Å². The fourth-order valence-electron chi connectivity index (χ4n) is 2.44. The Bertz CT molecular complexity index is 714. The fourth-order valence-corrected chi connectivity index (χ4v) is 4.64. The van der Waals surface area contributed by atoms with E-state index in [2.05, 4.69) is 9.62 Å². The summed E-state index contributed by atoms with van der Waals surface area (Å²) in [5.41, 5.74) is 0.814. The van der Waals surface area contributed by atoms with E-state index in [1.165, 1.54) is 0 Å². The molecule has 0 saturated carbocycles. The Labute approximate surface area is 132 Å². The Morgan fingerprint density at radius 3 is 2.73 bits per heavy atom. The lowest BCUT2D eigenvalue weighted by Crippen LogP contribution is -2.31. The fraction of sp³-hybridized carbons (Fsp3) is 0.571. The molecule has 8 heteroatoms. The number of nitrogens with zero attached hydrogens (tertiary/aromatic N) is 1. The molecule has 0 spiro atoms. The molecule has 0 bridgehead atoms. The summed E-state index contributed by atoms with van der Waals surface area (Å²) in [6, 6.07) is 7.08. The van der Waals surface area contributed by atoms with E-state index in [0.29, 0.717) is 37.5 Å². The monoisotopic (exact) mass is 346 g/mol. The van der Waals surface area contributed by atoms with Gasteiger partial charge < -0.3 is 0 Å². The normalized spacial score (nSPS) is 18.6. The van der Waals surface area contributed by atoms with Gasteiger partial charge in [0.2, 0.25) is 10.0 Å². The van der Waals surface area contributed by atoms with E-state index in [0.717, 1.165) is 5.56 Å². The summed E-state index contributed by atoms with van der Waals surface area (Å²) in [4.78, 5) is 2.48. The number of benzene rings is 1. The van der Waals surface area contributed by atoms with Crippen molar-refractivity contribution in [3.05, 3.63) is 29.8 Å². The van der Waals surface area contributed by atoms with Crippen LogP contribution in [0.4, 0.5) is 0 Å². The maximum atomic E-state index is 12.2. The molecular weight excluding hydrogens is 324 g/mol. The zero-order valence-electron chi connectivity index (χ0n) is 12.7. The first-order valence-corrected chi connectivity index (χ1v) is 10.6. The van der Waals surface area contributed by atoms with Crippen LogP contribution in [0.1, 0.15) is 18.9 Å². The Balaban J connectivity index is 1.96. The van der Waals surface area contributed by atoms with Crippen LogP contribution in [-0.2, 0) is 26.4 Å². The lowest BCUT2D eigenvalue weighted by Gasteiger charge is -2.19. The van der Waals surface area contributed by atoms with Crippen LogP contribution in [0.2, 0.25) is 0 Å². The summed E-state index contributed by atoms with van der Waals surface area (Å²) in [5, 5.41) is 0. The van der Waals surface area contributed by atoms with Crippen LogP contribution in [0.3, 0.4) is 0 Å². The van der Waals surface area contributed by atoms with E-state index >= 15 is 0 Å². The second kappa shape index (κ2) is 7.08. The highest BCUT2D eigenvalue weighted by Gasteiger charge is 2.24. The number of nitrogens with one attached hydrogen (secondary N) is 1. The Hall–Kier alpha value is -0.960. The minimum absolute atomic E-state index is 0.0718. The molecule has 0 atom stereocenters. The third kappa shape index (κ3) is 4.52. The number of rotatable bonds is 6. The van der Waals surface area contributed by atoms with Crippen molar-refractivity contribution in [2.24, 2.45) is 0 Å². The summed E-state index contributed by atoms with van der Waals surface area (Å²) in [7, 11) is -6.38. The molecule has 2 rings (SSSR count). The minimum atomic E-state index is -3.22. The van der Waals surface area contributed by atoms with Crippen LogP contribution in [0, 0.1) is 0 Å². The van der Waals surface area contributed by atoms with Gasteiger partial charge >= 0.3 is 0 Å². The molecule has 1 N–H and O–H groups in total. The van der Waals surface area contributed by atoms with E-state index < -0.39 is 19.9 Å². The van der Waals surface area contributed by atoms with Gasteiger partial charge in [0.1, 0.15) is 0 Å². The highest BCUT2D eigenvalue weighted by atomic mass is 32.2. The third-order valence-electron chi connectivity index (χ3n) is 3.73. The maximum Gasteiger partial charge on any atom is 0.211 e. The van der Waals surface area contributed by atoms with E-state index in [1.807, 2.05) is 12.1 Å². The minimum Gasteiger partial charge on any atom is -0.298 e. The summed E-state index contributed by atoms with van der Waals surface area (Å²) >= 11 is 0. The third-order valence-corrected chi connectivity index (χ3v) is 6.92. The molecule has 0 amide bonds. The molecule has 0 radical (unpaired) electrons. The van der Waals surface area contributed by atoms with Gasteiger partial charge in [-0.1, -0.05) is 18.2 Å². The van der Waals surface area contributed by atoms with E-state index in [9.17, 15) is 16.8 Å². The van der Waals surface area contributed by atoms with Gasteiger partial charge in [0.25, 0.3) is 0 Å². The van der Waals surface area contributed by atoms with Crippen LogP contribution in [0.15, 0.2) is 29.2 Å².